The number of hydrogen-bond acceptors (Lipinski definition) is 5. The van der Waals surface area contributed by atoms with E-state index >= 15 is 0 Å². The Balaban J connectivity index is 2.13. The molecule has 1 aliphatic rings. The third-order valence-electron chi connectivity index (χ3n) is 3.03. The molecule has 6 nitrogen and oxygen atoms in total. The molecule has 0 aliphatic carbocycles. The molecule has 1 atom stereocenters. The van der Waals surface area contributed by atoms with Gasteiger partial charge in [-0.15, -0.1) is 0 Å². The van der Waals surface area contributed by atoms with Gasteiger partial charge in [-0.1, -0.05) is 0 Å². The number of aromatic nitrogens is 2. The Labute approximate surface area is 100 Å². The molecule has 1 aromatic rings. The molecule has 6 heteroatoms. The summed E-state index contributed by atoms with van der Waals surface area (Å²) in [6.07, 6.45) is 5.20. The van der Waals surface area contributed by atoms with E-state index in [1.54, 1.807) is 19.4 Å². The average molecular weight is 235 g/mol. The van der Waals surface area contributed by atoms with Gasteiger partial charge in [0.05, 0.1) is 18.3 Å². The van der Waals surface area contributed by atoms with Gasteiger partial charge in [-0.3, -0.25) is 9.78 Å². The topological polar surface area (TPSA) is 84.1 Å². The molecule has 1 fully saturated rings. The summed E-state index contributed by atoms with van der Waals surface area (Å²) >= 11 is 0. The quantitative estimate of drug-likeness (QED) is 0.783. The van der Waals surface area contributed by atoms with Gasteiger partial charge in [0.25, 0.3) is 0 Å². The number of anilines is 2. The maximum atomic E-state index is 11.2. The number of primary amides is 1. The fraction of sp³-hybridized carbons (Fsp3) is 0.545. The van der Waals surface area contributed by atoms with Crippen LogP contribution in [0.15, 0.2) is 12.4 Å². The molecule has 1 aromatic heterocycles. The molecule has 2 heterocycles. The molecule has 2 rings (SSSR count). The predicted molar refractivity (Wildman–Crippen MR) is 65.7 cm³/mol. The first-order valence-corrected chi connectivity index (χ1v) is 5.74. The van der Waals surface area contributed by atoms with E-state index in [0.717, 1.165) is 31.0 Å². The number of carbonyl (C=O) groups is 1. The summed E-state index contributed by atoms with van der Waals surface area (Å²) < 4.78 is 0. The van der Waals surface area contributed by atoms with Crippen molar-refractivity contribution in [2.24, 2.45) is 11.7 Å². The number of amides is 1. The lowest BCUT2D eigenvalue weighted by Crippen LogP contribution is -2.41. The minimum absolute atomic E-state index is 0.0798. The van der Waals surface area contributed by atoms with Gasteiger partial charge in [-0.05, 0) is 12.8 Å². The Morgan fingerprint density at radius 3 is 3.12 bits per heavy atom. The first-order chi connectivity index (χ1) is 8.20. The maximum absolute atomic E-state index is 11.2. The third kappa shape index (κ3) is 2.64. The summed E-state index contributed by atoms with van der Waals surface area (Å²) in [6, 6.07) is 0. The van der Waals surface area contributed by atoms with E-state index in [0.29, 0.717) is 6.54 Å². The standard InChI is InChI=1S/C11H17N5O/c1-13-9-5-14-6-10(15-9)16-4-2-3-8(7-16)11(12)17/h5-6,8H,2-4,7H2,1H3,(H2,12,17)(H,13,15). The van der Waals surface area contributed by atoms with Gasteiger partial charge in [0, 0.05) is 20.1 Å². The van der Waals surface area contributed by atoms with Crippen LogP contribution < -0.4 is 16.0 Å². The molecule has 0 radical (unpaired) electrons. The SMILES string of the molecule is CNc1cncc(N2CCCC(C(N)=O)C2)n1. The Bertz CT molecular complexity index is 409. The van der Waals surface area contributed by atoms with Crippen LogP contribution in [0.4, 0.5) is 11.6 Å². The van der Waals surface area contributed by atoms with Crippen molar-refractivity contribution in [1.29, 1.82) is 0 Å². The highest BCUT2D eigenvalue weighted by Crippen LogP contribution is 2.21. The van der Waals surface area contributed by atoms with Crippen LogP contribution >= 0.6 is 0 Å². The third-order valence-corrected chi connectivity index (χ3v) is 3.03. The zero-order valence-electron chi connectivity index (χ0n) is 9.89. The van der Waals surface area contributed by atoms with Crippen molar-refractivity contribution in [3.05, 3.63) is 12.4 Å². The second-order valence-corrected chi connectivity index (χ2v) is 4.20. The van der Waals surface area contributed by atoms with Gasteiger partial charge in [0.2, 0.25) is 5.91 Å². The lowest BCUT2D eigenvalue weighted by molar-refractivity contribution is -0.122. The summed E-state index contributed by atoms with van der Waals surface area (Å²) in [5, 5.41) is 2.95. The molecule has 0 bridgehead atoms. The Morgan fingerprint density at radius 1 is 1.59 bits per heavy atom. The van der Waals surface area contributed by atoms with E-state index < -0.39 is 0 Å². The molecule has 1 saturated heterocycles. The zero-order chi connectivity index (χ0) is 12.3. The number of piperidine rings is 1. The molecular weight excluding hydrogens is 218 g/mol. The van der Waals surface area contributed by atoms with Gasteiger partial charge >= 0.3 is 0 Å². The molecule has 1 aliphatic heterocycles. The van der Waals surface area contributed by atoms with Crippen molar-refractivity contribution < 1.29 is 4.79 Å². The fourth-order valence-corrected chi connectivity index (χ4v) is 2.05. The summed E-state index contributed by atoms with van der Waals surface area (Å²) in [4.78, 5) is 21.8. The zero-order valence-corrected chi connectivity index (χ0v) is 9.89. The number of nitrogens with two attached hydrogens (primary N) is 1. The molecule has 92 valence electrons. The van der Waals surface area contributed by atoms with Crippen LogP contribution in [0.5, 0.6) is 0 Å². The first-order valence-electron chi connectivity index (χ1n) is 5.74. The van der Waals surface area contributed by atoms with E-state index in [2.05, 4.69) is 20.2 Å². The highest BCUT2D eigenvalue weighted by atomic mass is 16.1. The largest absolute Gasteiger partial charge is 0.372 e. The lowest BCUT2D eigenvalue weighted by Gasteiger charge is -2.31. The van der Waals surface area contributed by atoms with Crippen LogP contribution in [0, 0.1) is 5.92 Å². The summed E-state index contributed by atoms with van der Waals surface area (Å²) in [7, 11) is 1.80. The highest BCUT2D eigenvalue weighted by molar-refractivity contribution is 5.77. The highest BCUT2D eigenvalue weighted by Gasteiger charge is 2.24. The second-order valence-electron chi connectivity index (χ2n) is 4.20. The smallest absolute Gasteiger partial charge is 0.222 e. The van der Waals surface area contributed by atoms with Crippen molar-refractivity contribution in [3.63, 3.8) is 0 Å². The van der Waals surface area contributed by atoms with Crippen LogP contribution in [0.1, 0.15) is 12.8 Å². The summed E-state index contributed by atoms with van der Waals surface area (Å²) in [5.41, 5.74) is 5.35. The molecule has 0 saturated carbocycles. The molecule has 1 amide bonds. The Hall–Kier alpha value is -1.85. The van der Waals surface area contributed by atoms with Gasteiger partial charge < -0.3 is 16.0 Å². The van der Waals surface area contributed by atoms with Crippen LogP contribution in [-0.4, -0.2) is 36.0 Å². The molecule has 1 unspecified atom stereocenters. The molecule has 3 N–H and O–H groups in total. The number of rotatable bonds is 3. The Kier molecular flexibility index (Phi) is 3.41. The van der Waals surface area contributed by atoms with Crippen molar-refractivity contribution in [1.82, 2.24) is 9.97 Å². The van der Waals surface area contributed by atoms with Crippen molar-refractivity contribution >= 4 is 17.5 Å². The number of nitrogens with one attached hydrogen (secondary N) is 1. The number of nitrogens with zero attached hydrogens (tertiary/aromatic N) is 3. The monoisotopic (exact) mass is 235 g/mol. The molecular formula is C11H17N5O. The minimum atomic E-state index is -0.229. The predicted octanol–water partition coefficient (Wildman–Crippen LogP) is 0.220. The van der Waals surface area contributed by atoms with Crippen LogP contribution in [0.3, 0.4) is 0 Å². The van der Waals surface area contributed by atoms with Crippen molar-refractivity contribution in [2.75, 3.05) is 30.4 Å². The van der Waals surface area contributed by atoms with Gasteiger partial charge in [-0.2, -0.15) is 0 Å². The normalized spacial score (nSPS) is 20.1. The number of carbonyl (C=O) groups excluding carboxylic acids is 1. The summed E-state index contributed by atoms with van der Waals surface area (Å²) in [5.74, 6) is 1.21. The summed E-state index contributed by atoms with van der Waals surface area (Å²) in [6.45, 7) is 1.53. The average Bonchev–Trinajstić information content (AvgIpc) is 2.39. The second kappa shape index (κ2) is 4.99. The van der Waals surface area contributed by atoms with Crippen LogP contribution in [0.2, 0.25) is 0 Å². The first kappa shape index (κ1) is 11.6. The van der Waals surface area contributed by atoms with E-state index in [1.807, 2.05) is 0 Å². The van der Waals surface area contributed by atoms with E-state index in [-0.39, 0.29) is 11.8 Å². The number of hydrogen-bond donors (Lipinski definition) is 2. The van der Waals surface area contributed by atoms with Crippen LogP contribution in [-0.2, 0) is 4.79 Å². The van der Waals surface area contributed by atoms with E-state index in [9.17, 15) is 4.79 Å². The minimum Gasteiger partial charge on any atom is -0.372 e. The van der Waals surface area contributed by atoms with Crippen molar-refractivity contribution in [3.8, 4) is 0 Å². The van der Waals surface area contributed by atoms with Crippen LogP contribution in [0.25, 0.3) is 0 Å². The molecule has 17 heavy (non-hydrogen) atoms. The van der Waals surface area contributed by atoms with E-state index in [4.69, 9.17) is 5.73 Å². The van der Waals surface area contributed by atoms with Gasteiger partial charge in [0.15, 0.2) is 0 Å². The van der Waals surface area contributed by atoms with Gasteiger partial charge in [0.1, 0.15) is 11.6 Å². The molecule has 0 aromatic carbocycles. The Morgan fingerprint density at radius 2 is 2.41 bits per heavy atom. The van der Waals surface area contributed by atoms with Crippen molar-refractivity contribution in [2.45, 2.75) is 12.8 Å². The fourth-order valence-electron chi connectivity index (χ4n) is 2.05. The van der Waals surface area contributed by atoms with Gasteiger partial charge in [-0.25, -0.2) is 4.98 Å². The molecule has 0 spiro atoms. The lowest BCUT2D eigenvalue weighted by atomic mass is 9.98. The van der Waals surface area contributed by atoms with E-state index in [1.165, 1.54) is 0 Å². The maximum Gasteiger partial charge on any atom is 0.222 e.